The second-order valence-electron chi connectivity index (χ2n) is 5.59. The van der Waals surface area contributed by atoms with E-state index in [9.17, 15) is 4.39 Å². The minimum atomic E-state index is -0.0568. The summed E-state index contributed by atoms with van der Waals surface area (Å²) >= 11 is 3.48. The molecule has 4 heteroatoms. The van der Waals surface area contributed by atoms with Crippen molar-refractivity contribution in [3.63, 3.8) is 0 Å². The van der Waals surface area contributed by atoms with Crippen LogP contribution in [0.1, 0.15) is 30.9 Å². The number of rotatable bonds is 3. The van der Waals surface area contributed by atoms with Gasteiger partial charge in [-0.1, -0.05) is 22.4 Å². The summed E-state index contributed by atoms with van der Waals surface area (Å²) in [5.74, 6) is 0.570. The zero-order chi connectivity index (χ0) is 13.2. The first-order valence-corrected chi connectivity index (χ1v) is 7.95. The number of nitrogens with zero attached hydrogens (tertiary/aromatic N) is 1. The van der Waals surface area contributed by atoms with Crippen molar-refractivity contribution < 1.29 is 4.39 Å². The molecule has 2 aliphatic rings. The van der Waals surface area contributed by atoms with Crippen LogP contribution in [0.4, 0.5) is 4.39 Å². The zero-order valence-electron chi connectivity index (χ0n) is 11.0. The molecule has 1 N–H and O–H groups in total. The van der Waals surface area contributed by atoms with Gasteiger partial charge in [-0.15, -0.1) is 0 Å². The first-order valence-electron chi connectivity index (χ1n) is 7.15. The van der Waals surface area contributed by atoms with Crippen LogP contribution >= 0.6 is 15.9 Å². The Bertz CT molecular complexity index is 442. The monoisotopic (exact) mass is 326 g/mol. The summed E-state index contributed by atoms with van der Waals surface area (Å²) in [6.07, 6.45) is 3.77. The Kier molecular flexibility index (Phi) is 4.20. The summed E-state index contributed by atoms with van der Waals surface area (Å²) in [4.78, 5) is 2.46. The fraction of sp³-hybridized carbons (Fsp3) is 0.600. The lowest BCUT2D eigenvalue weighted by molar-refractivity contribution is 0.0811. The molecule has 1 aromatic rings. The topological polar surface area (TPSA) is 15.3 Å². The van der Waals surface area contributed by atoms with Gasteiger partial charge in [0, 0.05) is 42.3 Å². The highest BCUT2D eigenvalue weighted by Crippen LogP contribution is 2.42. The minimum Gasteiger partial charge on any atom is -0.314 e. The molecule has 2 nitrogen and oxygen atoms in total. The molecule has 19 heavy (non-hydrogen) atoms. The smallest absolute Gasteiger partial charge is 0.128 e. The summed E-state index contributed by atoms with van der Waals surface area (Å²) in [5, 5.41) is 3.38. The summed E-state index contributed by atoms with van der Waals surface area (Å²) in [5.41, 5.74) is 0.876. The molecule has 0 spiro atoms. The highest BCUT2D eigenvalue weighted by atomic mass is 79.9. The van der Waals surface area contributed by atoms with Crippen molar-refractivity contribution in [3.8, 4) is 0 Å². The molecule has 0 radical (unpaired) electrons. The first-order chi connectivity index (χ1) is 9.25. The molecule has 104 valence electrons. The molecule has 1 atom stereocenters. The minimum absolute atomic E-state index is 0.0568. The molecular formula is C15H20BrFN2. The normalized spacial score (nSPS) is 23.1. The van der Waals surface area contributed by atoms with Gasteiger partial charge in [0.1, 0.15) is 5.82 Å². The quantitative estimate of drug-likeness (QED) is 0.916. The molecule has 3 rings (SSSR count). The van der Waals surface area contributed by atoms with E-state index in [0.29, 0.717) is 5.92 Å². The molecule has 1 saturated carbocycles. The van der Waals surface area contributed by atoms with E-state index in [1.54, 1.807) is 12.1 Å². The van der Waals surface area contributed by atoms with Crippen LogP contribution in [0, 0.1) is 11.7 Å². The lowest BCUT2D eigenvalue weighted by atomic mass is 9.76. The predicted octanol–water partition coefficient (Wildman–Crippen LogP) is 3.33. The van der Waals surface area contributed by atoms with Gasteiger partial charge in [-0.2, -0.15) is 0 Å². The Hall–Kier alpha value is -0.450. The van der Waals surface area contributed by atoms with Crippen LogP contribution in [0.3, 0.4) is 0 Å². The lowest BCUT2D eigenvalue weighted by Gasteiger charge is -2.43. The Balaban J connectivity index is 1.90. The van der Waals surface area contributed by atoms with E-state index in [1.165, 1.54) is 19.3 Å². The molecule has 1 aromatic carbocycles. The van der Waals surface area contributed by atoms with Crippen LogP contribution in [0.5, 0.6) is 0 Å². The molecule has 0 unspecified atom stereocenters. The third kappa shape index (κ3) is 2.86. The van der Waals surface area contributed by atoms with Crippen LogP contribution in [-0.4, -0.2) is 31.1 Å². The Morgan fingerprint density at radius 3 is 2.63 bits per heavy atom. The van der Waals surface area contributed by atoms with Crippen molar-refractivity contribution in [3.05, 3.63) is 34.1 Å². The molecule has 1 saturated heterocycles. The predicted molar refractivity (Wildman–Crippen MR) is 78.6 cm³/mol. The number of halogens is 2. The van der Waals surface area contributed by atoms with Gasteiger partial charge in [-0.25, -0.2) is 4.39 Å². The van der Waals surface area contributed by atoms with Crippen molar-refractivity contribution in [2.24, 2.45) is 5.92 Å². The maximum absolute atomic E-state index is 14.2. The lowest BCUT2D eigenvalue weighted by Crippen LogP contribution is -2.48. The fourth-order valence-electron chi connectivity index (χ4n) is 3.21. The Labute approximate surface area is 122 Å². The second-order valence-corrected chi connectivity index (χ2v) is 6.50. The van der Waals surface area contributed by atoms with Crippen molar-refractivity contribution in [1.82, 2.24) is 10.2 Å². The second kappa shape index (κ2) is 5.90. The molecule has 0 aromatic heterocycles. The van der Waals surface area contributed by atoms with Gasteiger partial charge in [0.05, 0.1) is 0 Å². The molecule has 1 aliphatic carbocycles. The molecule has 0 bridgehead atoms. The average molecular weight is 327 g/mol. The van der Waals surface area contributed by atoms with Gasteiger partial charge in [-0.3, -0.25) is 4.90 Å². The number of hydrogen-bond acceptors (Lipinski definition) is 2. The van der Waals surface area contributed by atoms with Crippen LogP contribution in [-0.2, 0) is 0 Å². The molecule has 0 amide bonds. The largest absolute Gasteiger partial charge is 0.314 e. The zero-order valence-corrected chi connectivity index (χ0v) is 12.6. The van der Waals surface area contributed by atoms with Gasteiger partial charge >= 0.3 is 0 Å². The third-order valence-corrected chi connectivity index (χ3v) is 4.91. The highest BCUT2D eigenvalue weighted by molar-refractivity contribution is 9.10. The highest BCUT2D eigenvalue weighted by Gasteiger charge is 2.35. The Morgan fingerprint density at radius 2 is 2.00 bits per heavy atom. The van der Waals surface area contributed by atoms with Crippen molar-refractivity contribution in [2.75, 3.05) is 26.2 Å². The van der Waals surface area contributed by atoms with Gasteiger partial charge in [0.15, 0.2) is 0 Å². The maximum Gasteiger partial charge on any atom is 0.128 e. The van der Waals surface area contributed by atoms with Crippen LogP contribution in [0.2, 0.25) is 0 Å². The van der Waals surface area contributed by atoms with Gasteiger partial charge in [0.25, 0.3) is 0 Å². The number of hydrogen-bond donors (Lipinski definition) is 1. The van der Waals surface area contributed by atoms with Crippen molar-refractivity contribution in [1.29, 1.82) is 0 Å². The standard InChI is InChI=1S/C15H20BrFN2/c16-12-4-5-14(17)13(10-12)15(11-2-1-3-11)19-8-6-18-7-9-19/h4-5,10-11,15,18H,1-3,6-9H2/t15-/m1/s1. The number of piperazine rings is 1. The van der Waals surface area contributed by atoms with E-state index < -0.39 is 0 Å². The summed E-state index contributed by atoms with van der Waals surface area (Å²) in [7, 11) is 0. The van der Waals surface area contributed by atoms with Crippen LogP contribution in [0.25, 0.3) is 0 Å². The van der Waals surface area contributed by atoms with Crippen LogP contribution in [0.15, 0.2) is 22.7 Å². The van der Waals surface area contributed by atoms with E-state index in [1.807, 2.05) is 6.07 Å². The van der Waals surface area contributed by atoms with E-state index in [2.05, 4.69) is 26.1 Å². The van der Waals surface area contributed by atoms with Gasteiger partial charge in [0.2, 0.25) is 0 Å². The first kappa shape index (κ1) is 13.5. The summed E-state index contributed by atoms with van der Waals surface area (Å²) < 4.78 is 15.2. The van der Waals surface area contributed by atoms with Crippen molar-refractivity contribution in [2.45, 2.75) is 25.3 Å². The summed E-state index contributed by atoms with van der Waals surface area (Å²) in [6, 6.07) is 5.61. The fourth-order valence-corrected chi connectivity index (χ4v) is 3.58. The van der Waals surface area contributed by atoms with Crippen molar-refractivity contribution >= 4 is 15.9 Å². The van der Waals surface area contributed by atoms with E-state index >= 15 is 0 Å². The molecule has 1 heterocycles. The third-order valence-electron chi connectivity index (χ3n) is 4.42. The molecular weight excluding hydrogens is 307 g/mol. The SMILES string of the molecule is Fc1ccc(Br)cc1[C@@H](C1CCC1)N1CCNCC1. The van der Waals surface area contributed by atoms with E-state index in [4.69, 9.17) is 0 Å². The number of benzene rings is 1. The van der Waals surface area contributed by atoms with Gasteiger partial charge in [-0.05, 0) is 37.0 Å². The van der Waals surface area contributed by atoms with Gasteiger partial charge < -0.3 is 5.32 Å². The van der Waals surface area contributed by atoms with E-state index in [0.717, 1.165) is 36.2 Å². The average Bonchev–Trinajstić information content (AvgIpc) is 2.38. The number of nitrogens with one attached hydrogen (secondary N) is 1. The maximum atomic E-state index is 14.2. The Morgan fingerprint density at radius 1 is 1.26 bits per heavy atom. The molecule has 2 fully saturated rings. The van der Waals surface area contributed by atoms with Crippen LogP contribution < -0.4 is 5.32 Å². The van der Waals surface area contributed by atoms with E-state index in [-0.39, 0.29) is 11.9 Å². The summed E-state index contributed by atoms with van der Waals surface area (Å²) in [6.45, 7) is 4.07. The molecule has 1 aliphatic heterocycles.